The maximum Gasteiger partial charge on any atom is 0.416 e. The molecule has 106 valence electrons. The minimum Gasteiger partial charge on any atom is -0.215 e. The summed E-state index contributed by atoms with van der Waals surface area (Å²) in [5, 5.41) is 9.02. The van der Waals surface area contributed by atoms with Gasteiger partial charge in [-0.15, -0.1) is 0 Å². The van der Waals surface area contributed by atoms with Crippen LogP contribution in [0, 0.1) is 13.8 Å². The van der Waals surface area contributed by atoms with Crippen molar-refractivity contribution in [3.05, 3.63) is 53.1 Å². The van der Waals surface area contributed by atoms with Crippen molar-refractivity contribution in [2.75, 3.05) is 0 Å². The topological polar surface area (TPSA) is 36.8 Å². The van der Waals surface area contributed by atoms with Gasteiger partial charge < -0.3 is 0 Å². The molecular weight excluding hydrogens is 267 g/mol. The second kappa shape index (κ2) is 5.26. The molecule has 0 radical (unpaired) electrons. The van der Waals surface area contributed by atoms with E-state index in [-0.39, 0.29) is 0 Å². The van der Waals surface area contributed by atoms with Crippen LogP contribution >= 0.6 is 0 Å². The van der Waals surface area contributed by atoms with Gasteiger partial charge in [0.15, 0.2) is 5.69 Å². The van der Waals surface area contributed by atoms with Gasteiger partial charge in [0.1, 0.15) is 0 Å². The summed E-state index contributed by atoms with van der Waals surface area (Å²) in [5.41, 5.74) is 4.47. The van der Waals surface area contributed by atoms with Crippen LogP contribution in [-0.2, 0) is 6.18 Å². The first-order valence-electron chi connectivity index (χ1n) is 6.09. The molecule has 2 aromatic carbocycles. The minimum atomic E-state index is -4.32. The molecule has 2 nitrogen and oxygen atoms in total. The fourth-order valence-electron chi connectivity index (χ4n) is 2.35. The Morgan fingerprint density at radius 2 is 1.45 bits per heavy atom. The third-order valence-corrected chi connectivity index (χ3v) is 3.20. The summed E-state index contributed by atoms with van der Waals surface area (Å²) in [6, 6.07) is 8.70. The SMILES string of the molecule is Cc1cc([NH2+]O)cc(C)c1-c1ccc(C(F)(F)F)cc1. The summed E-state index contributed by atoms with van der Waals surface area (Å²) in [7, 11) is 0. The van der Waals surface area contributed by atoms with Gasteiger partial charge in [0.2, 0.25) is 0 Å². The van der Waals surface area contributed by atoms with E-state index in [1.807, 2.05) is 13.8 Å². The molecule has 20 heavy (non-hydrogen) atoms. The molecule has 0 amide bonds. The summed E-state index contributed by atoms with van der Waals surface area (Å²) in [6.07, 6.45) is -4.32. The highest BCUT2D eigenvalue weighted by molar-refractivity contribution is 5.72. The number of halogens is 3. The van der Waals surface area contributed by atoms with Crippen LogP contribution in [0.25, 0.3) is 11.1 Å². The van der Waals surface area contributed by atoms with E-state index in [2.05, 4.69) is 0 Å². The summed E-state index contributed by atoms with van der Waals surface area (Å²) < 4.78 is 37.6. The van der Waals surface area contributed by atoms with Crippen LogP contribution in [0.4, 0.5) is 18.9 Å². The van der Waals surface area contributed by atoms with Crippen LogP contribution in [0.2, 0.25) is 0 Å². The number of alkyl halides is 3. The summed E-state index contributed by atoms with van der Waals surface area (Å²) in [4.78, 5) is 0. The van der Waals surface area contributed by atoms with E-state index in [9.17, 15) is 13.2 Å². The first-order valence-corrected chi connectivity index (χ1v) is 6.09. The highest BCUT2D eigenvalue weighted by Crippen LogP contribution is 2.33. The van der Waals surface area contributed by atoms with E-state index in [0.29, 0.717) is 5.69 Å². The molecule has 0 aliphatic rings. The molecule has 0 spiro atoms. The van der Waals surface area contributed by atoms with Crippen molar-refractivity contribution in [2.24, 2.45) is 0 Å². The van der Waals surface area contributed by atoms with E-state index >= 15 is 0 Å². The van der Waals surface area contributed by atoms with Gasteiger partial charge in [0, 0.05) is 12.1 Å². The van der Waals surface area contributed by atoms with Gasteiger partial charge in [-0.05, 0) is 48.2 Å². The van der Waals surface area contributed by atoms with Gasteiger partial charge in [-0.1, -0.05) is 12.1 Å². The van der Waals surface area contributed by atoms with Crippen molar-refractivity contribution >= 4 is 5.69 Å². The highest BCUT2D eigenvalue weighted by atomic mass is 19.4. The third kappa shape index (κ3) is 2.84. The van der Waals surface area contributed by atoms with Crippen LogP contribution < -0.4 is 5.48 Å². The van der Waals surface area contributed by atoms with Crippen molar-refractivity contribution in [3.8, 4) is 11.1 Å². The third-order valence-electron chi connectivity index (χ3n) is 3.20. The van der Waals surface area contributed by atoms with E-state index in [0.717, 1.165) is 39.9 Å². The molecule has 2 rings (SSSR count). The van der Waals surface area contributed by atoms with E-state index < -0.39 is 11.7 Å². The number of quaternary nitrogens is 1. The van der Waals surface area contributed by atoms with Gasteiger partial charge in [0.25, 0.3) is 0 Å². The largest absolute Gasteiger partial charge is 0.416 e. The minimum absolute atomic E-state index is 0.656. The molecule has 0 saturated heterocycles. The zero-order chi connectivity index (χ0) is 14.9. The van der Waals surface area contributed by atoms with Crippen molar-refractivity contribution in [1.29, 1.82) is 0 Å². The Balaban J connectivity index is 2.47. The number of nitrogens with two attached hydrogens (primary N) is 1. The second-order valence-electron chi connectivity index (χ2n) is 4.73. The molecule has 0 atom stereocenters. The van der Waals surface area contributed by atoms with E-state index in [4.69, 9.17) is 5.21 Å². The summed E-state index contributed by atoms with van der Waals surface area (Å²) in [5.74, 6) is 0. The molecule has 5 heteroatoms. The lowest BCUT2D eigenvalue weighted by Gasteiger charge is -2.12. The van der Waals surface area contributed by atoms with Crippen LogP contribution in [0.5, 0.6) is 0 Å². The maximum absolute atomic E-state index is 12.5. The molecular formula is C15H15F3NO+. The Labute approximate surface area is 114 Å². The molecule has 0 fully saturated rings. The molecule has 0 saturated carbocycles. The molecule has 0 bridgehead atoms. The lowest BCUT2D eigenvalue weighted by atomic mass is 9.94. The molecule has 0 unspecified atom stereocenters. The van der Waals surface area contributed by atoms with Gasteiger partial charge >= 0.3 is 6.18 Å². The van der Waals surface area contributed by atoms with Crippen LogP contribution in [-0.4, -0.2) is 5.21 Å². The van der Waals surface area contributed by atoms with Crippen LogP contribution in [0.3, 0.4) is 0 Å². The Bertz CT molecular complexity index is 595. The number of rotatable bonds is 2. The lowest BCUT2D eigenvalue weighted by Crippen LogP contribution is -2.73. The van der Waals surface area contributed by atoms with Gasteiger partial charge in [0.05, 0.1) is 5.56 Å². The molecule has 0 heterocycles. The van der Waals surface area contributed by atoms with Crippen LogP contribution in [0.1, 0.15) is 16.7 Å². The predicted molar refractivity (Wildman–Crippen MR) is 69.7 cm³/mol. The number of aryl methyl sites for hydroxylation is 2. The zero-order valence-electron chi connectivity index (χ0n) is 11.1. The fraction of sp³-hybridized carbons (Fsp3) is 0.200. The average Bonchev–Trinajstić information content (AvgIpc) is 2.37. The predicted octanol–water partition coefficient (Wildman–Crippen LogP) is 3.57. The Morgan fingerprint density at radius 1 is 0.950 bits per heavy atom. The fourth-order valence-corrected chi connectivity index (χ4v) is 2.35. The van der Waals surface area contributed by atoms with Crippen molar-refractivity contribution in [3.63, 3.8) is 0 Å². The smallest absolute Gasteiger partial charge is 0.215 e. The molecule has 0 aliphatic carbocycles. The molecule has 0 aromatic heterocycles. The second-order valence-corrected chi connectivity index (χ2v) is 4.73. The van der Waals surface area contributed by atoms with Crippen LogP contribution in [0.15, 0.2) is 36.4 Å². The zero-order valence-corrected chi connectivity index (χ0v) is 11.1. The number of benzene rings is 2. The maximum atomic E-state index is 12.5. The number of hydrogen-bond acceptors (Lipinski definition) is 1. The van der Waals surface area contributed by atoms with Crippen molar-refractivity contribution in [2.45, 2.75) is 20.0 Å². The first kappa shape index (κ1) is 14.6. The molecule has 3 N–H and O–H groups in total. The summed E-state index contributed by atoms with van der Waals surface area (Å²) in [6.45, 7) is 3.74. The number of hydrogen-bond donors (Lipinski definition) is 2. The monoisotopic (exact) mass is 282 g/mol. The average molecular weight is 282 g/mol. The lowest BCUT2D eigenvalue weighted by molar-refractivity contribution is -0.825. The Kier molecular flexibility index (Phi) is 3.83. The van der Waals surface area contributed by atoms with Crippen molar-refractivity contribution in [1.82, 2.24) is 0 Å². The first-order chi connectivity index (χ1) is 9.32. The summed E-state index contributed by atoms with van der Waals surface area (Å²) >= 11 is 0. The van der Waals surface area contributed by atoms with Gasteiger partial charge in [-0.2, -0.15) is 18.7 Å². The molecule has 2 aromatic rings. The normalized spacial score (nSPS) is 11.7. The molecule has 0 aliphatic heterocycles. The van der Waals surface area contributed by atoms with E-state index in [1.165, 1.54) is 12.1 Å². The van der Waals surface area contributed by atoms with E-state index in [1.54, 1.807) is 12.1 Å². The Morgan fingerprint density at radius 3 is 1.85 bits per heavy atom. The standard InChI is InChI=1S/C15H14F3NO/c1-9-7-13(19-20)8-10(2)14(9)11-3-5-12(6-4-11)15(16,17)18/h3-8,19-20H,1-2H3/p+1. The van der Waals surface area contributed by atoms with Gasteiger partial charge in [-0.3, -0.25) is 0 Å². The van der Waals surface area contributed by atoms with Gasteiger partial charge in [-0.25, -0.2) is 5.21 Å². The van der Waals surface area contributed by atoms with Crippen molar-refractivity contribution < 1.29 is 23.9 Å². The highest BCUT2D eigenvalue weighted by Gasteiger charge is 2.30. The quantitative estimate of drug-likeness (QED) is 0.641. The Hall–Kier alpha value is -1.85.